The van der Waals surface area contributed by atoms with Crippen LogP contribution in [0.25, 0.3) is 0 Å². The SMILES string of the molecule is Cc1coc(SCC(=O)c2ccc[nH]2)n1. The number of nitrogens with one attached hydrogen (secondary N) is 1. The number of rotatable bonds is 4. The van der Waals surface area contributed by atoms with Gasteiger partial charge < -0.3 is 9.40 Å². The first-order chi connectivity index (χ1) is 7.25. The van der Waals surface area contributed by atoms with E-state index in [0.29, 0.717) is 16.7 Å². The molecule has 2 aromatic heterocycles. The van der Waals surface area contributed by atoms with E-state index in [4.69, 9.17) is 4.42 Å². The highest BCUT2D eigenvalue weighted by molar-refractivity contribution is 7.99. The molecule has 4 nitrogen and oxygen atoms in total. The van der Waals surface area contributed by atoms with E-state index in [0.717, 1.165) is 5.69 Å². The Balaban J connectivity index is 1.91. The van der Waals surface area contributed by atoms with E-state index in [1.165, 1.54) is 11.8 Å². The molecule has 0 spiro atoms. The van der Waals surface area contributed by atoms with Crippen LogP contribution in [-0.4, -0.2) is 21.5 Å². The van der Waals surface area contributed by atoms with Crippen molar-refractivity contribution in [2.45, 2.75) is 12.1 Å². The number of aromatic amines is 1. The van der Waals surface area contributed by atoms with Gasteiger partial charge in [0.15, 0.2) is 5.78 Å². The van der Waals surface area contributed by atoms with Crippen molar-refractivity contribution in [2.24, 2.45) is 0 Å². The van der Waals surface area contributed by atoms with E-state index in [-0.39, 0.29) is 5.78 Å². The van der Waals surface area contributed by atoms with Crippen molar-refractivity contribution in [3.8, 4) is 0 Å². The number of ketones is 1. The minimum atomic E-state index is 0.0425. The van der Waals surface area contributed by atoms with Crippen LogP contribution in [-0.2, 0) is 0 Å². The second-order valence-corrected chi connectivity index (χ2v) is 3.98. The van der Waals surface area contributed by atoms with Crippen LogP contribution < -0.4 is 0 Å². The summed E-state index contributed by atoms with van der Waals surface area (Å²) in [7, 11) is 0. The van der Waals surface area contributed by atoms with E-state index in [2.05, 4.69) is 9.97 Å². The molecular weight excluding hydrogens is 212 g/mol. The summed E-state index contributed by atoms with van der Waals surface area (Å²) in [4.78, 5) is 18.5. The summed E-state index contributed by atoms with van der Waals surface area (Å²) in [6, 6.07) is 3.55. The van der Waals surface area contributed by atoms with Crippen molar-refractivity contribution >= 4 is 17.5 Å². The largest absolute Gasteiger partial charge is 0.440 e. The van der Waals surface area contributed by atoms with Crippen LogP contribution in [0.15, 0.2) is 34.2 Å². The lowest BCUT2D eigenvalue weighted by Gasteiger charge is -1.94. The smallest absolute Gasteiger partial charge is 0.256 e. The van der Waals surface area contributed by atoms with Gasteiger partial charge in [-0.3, -0.25) is 4.79 Å². The summed E-state index contributed by atoms with van der Waals surface area (Å²) in [5.74, 6) is 0.376. The fraction of sp³-hybridized carbons (Fsp3) is 0.200. The lowest BCUT2D eigenvalue weighted by Crippen LogP contribution is -2.02. The van der Waals surface area contributed by atoms with Crippen molar-refractivity contribution in [3.05, 3.63) is 36.0 Å². The van der Waals surface area contributed by atoms with Gasteiger partial charge in [-0.2, -0.15) is 0 Å². The lowest BCUT2D eigenvalue weighted by molar-refractivity contribution is 0.101. The fourth-order valence-corrected chi connectivity index (χ4v) is 1.84. The van der Waals surface area contributed by atoms with Gasteiger partial charge in [-0.25, -0.2) is 4.98 Å². The fourth-order valence-electron chi connectivity index (χ4n) is 1.11. The molecule has 0 aliphatic carbocycles. The molecule has 0 aromatic carbocycles. The molecule has 0 fully saturated rings. The predicted molar refractivity (Wildman–Crippen MR) is 57.1 cm³/mol. The standard InChI is InChI=1S/C10H10N2O2S/c1-7-5-14-10(12-7)15-6-9(13)8-3-2-4-11-8/h2-5,11H,6H2,1H3. The second kappa shape index (κ2) is 4.35. The van der Waals surface area contributed by atoms with Crippen LogP contribution in [0.2, 0.25) is 0 Å². The van der Waals surface area contributed by atoms with Crippen LogP contribution in [0.4, 0.5) is 0 Å². The summed E-state index contributed by atoms with van der Waals surface area (Å²) in [6.07, 6.45) is 3.30. The highest BCUT2D eigenvalue weighted by Gasteiger charge is 2.09. The summed E-state index contributed by atoms with van der Waals surface area (Å²) in [5.41, 5.74) is 1.44. The summed E-state index contributed by atoms with van der Waals surface area (Å²) in [5, 5.41) is 0.535. The number of H-pyrrole nitrogens is 1. The van der Waals surface area contributed by atoms with Crippen LogP contribution >= 0.6 is 11.8 Å². The maximum atomic E-state index is 11.6. The normalized spacial score (nSPS) is 10.5. The van der Waals surface area contributed by atoms with Gasteiger partial charge in [-0.05, 0) is 19.1 Å². The Morgan fingerprint density at radius 3 is 3.13 bits per heavy atom. The molecule has 2 aromatic rings. The Bertz CT molecular complexity index is 448. The van der Waals surface area contributed by atoms with Crippen molar-refractivity contribution in [3.63, 3.8) is 0 Å². The molecule has 5 heteroatoms. The quantitative estimate of drug-likeness (QED) is 0.637. The molecule has 0 radical (unpaired) electrons. The van der Waals surface area contributed by atoms with E-state index in [9.17, 15) is 4.79 Å². The number of thioether (sulfide) groups is 1. The predicted octanol–water partition coefficient (Wildman–Crippen LogP) is 2.29. The van der Waals surface area contributed by atoms with Crippen LogP contribution in [0.1, 0.15) is 16.2 Å². The van der Waals surface area contributed by atoms with Gasteiger partial charge in [0, 0.05) is 6.20 Å². The summed E-state index contributed by atoms with van der Waals surface area (Å²) in [6.45, 7) is 1.85. The number of aryl methyl sites for hydroxylation is 1. The van der Waals surface area contributed by atoms with Gasteiger partial charge in [-0.15, -0.1) is 0 Å². The number of carbonyl (C=O) groups is 1. The van der Waals surface area contributed by atoms with Crippen molar-refractivity contribution in [2.75, 3.05) is 5.75 Å². The van der Waals surface area contributed by atoms with Gasteiger partial charge in [-0.1, -0.05) is 11.8 Å². The second-order valence-electron chi connectivity index (χ2n) is 3.05. The number of hydrogen-bond donors (Lipinski definition) is 1. The van der Waals surface area contributed by atoms with E-state index >= 15 is 0 Å². The number of Topliss-reactive ketones (excluding diaryl/α,β-unsaturated/α-hetero) is 1. The molecular formula is C10H10N2O2S. The number of carbonyl (C=O) groups excluding carboxylic acids is 1. The molecule has 0 bridgehead atoms. The Morgan fingerprint density at radius 1 is 1.67 bits per heavy atom. The zero-order valence-electron chi connectivity index (χ0n) is 8.19. The molecule has 0 saturated heterocycles. The maximum Gasteiger partial charge on any atom is 0.256 e. The van der Waals surface area contributed by atoms with E-state index in [1.807, 2.05) is 6.92 Å². The highest BCUT2D eigenvalue weighted by atomic mass is 32.2. The van der Waals surface area contributed by atoms with Gasteiger partial charge >= 0.3 is 0 Å². The van der Waals surface area contributed by atoms with E-state index in [1.54, 1.807) is 24.6 Å². The molecule has 0 atom stereocenters. The molecule has 0 unspecified atom stereocenters. The average molecular weight is 222 g/mol. The lowest BCUT2D eigenvalue weighted by atomic mass is 10.3. The zero-order valence-corrected chi connectivity index (χ0v) is 9.00. The maximum absolute atomic E-state index is 11.6. The van der Waals surface area contributed by atoms with Gasteiger partial charge in [0.1, 0.15) is 6.26 Å². The molecule has 2 rings (SSSR count). The molecule has 0 aliphatic heterocycles. The molecule has 15 heavy (non-hydrogen) atoms. The van der Waals surface area contributed by atoms with Crippen molar-refractivity contribution in [1.82, 2.24) is 9.97 Å². The van der Waals surface area contributed by atoms with Gasteiger partial charge in [0.25, 0.3) is 5.22 Å². The highest BCUT2D eigenvalue weighted by Crippen LogP contribution is 2.17. The Morgan fingerprint density at radius 2 is 2.53 bits per heavy atom. The number of aromatic nitrogens is 2. The molecule has 1 N–H and O–H groups in total. The molecule has 2 heterocycles. The number of hydrogen-bond acceptors (Lipinski definition) is 4. The Hall–Kier alpha value is -1.49. The summed E-state index contributed by atoms with van der Waals surface area (Å²) >= 11 is 1.30. The first-order valence-corrected chi connectivity index (χ1v) is 5.46. The van der Waals surface area contributed by atoms with Crippen LogP contribution in [0, 0.1) is 6.92 Å². The molecule has 0 aliphatic rings. The molecule has 78 valence electrons. The molecule has 0 amide bonds. The Kier molecular flexibility index (Phi) is 2.91. The van der Waals surface area contributed by atoms with Crippen molar-refractivity contribution in [1.29, 1.82) is 0 Å². The summed E-state index contributed by atoms with van der Waals surface area (Å²) < 4.78 is 5.12. The number of oxazole rings is 1. The first-order valence-electron chi connectivity index (χ1n) is 4.47. The minimum Gasteiger partial charge on any atom is -0.440 e. The minimum absolute atomic E-state index is 0.0425. The Labute approximate surface area is 91.1 Å². The van der Waals surface area contributed by atoms with Gasteiger partial charge in [0.05, 0.1) is 17.1 Å². The van der Waals surface area contributed by atoms with Gasteiger partial charge in [0.2, 0.25) is 0 Å². The third kappa shape index (κ3) is 2.50. The third-order valence-corrected chi connectivity index (χ3v) is 2.66. The number of nitrogens with zero attached hydrogens (tertiary/aromatic N) is 1. The average Bonchev–Trinajstić information content (AvgIpc) is 2.84. The van der Waals surface area contributed by atoms with E-state index < -0.39 is 0 Å². The first kappa shape index (κ1) is 10.0. The monoisotopic (exact) mass is 222 g/mol. The van der Waals surface area contributed by atoms with Crippen LogP contribution in [0.5, 0.6) is 0 Å². The topological polar surface area (TPSA) is 58.9 Å². The molecule has 0 saturated carbocycles. The van der Waals surface area contributed by atoms with Crippen LogP contribution in [0.3, 0.4) is 0 Å². The zero-order chi connectivity index (χ0) is 10.7. The third-order valence-electron chi connectivity index (χ3n) is 1.82. The van der Waals surface area contributed by atoms with Crippen molar-refractivity contribution < 1.29 is 9.21 Å².